The van der Waals surface area contributed by atoms with Gasteiger partial charge in [-0.15, -0.1) is 5.10 Å². The van der Waals surface area contributed by atoms with Crippen molar-refractivity contribution in [2.45, 2.75) is 6.54 Å². The molecule has 1 aromatic heterocycles. The molecular formula is C11H8Cl2N4O3. The number of carbonyl (C=O) groups excluding carboxylic acids is 1. The van der Waals surface area contributed by atoms with E-state index in [0.29, 0.717) is 15.7 Å². The molecule has 2 N–H and O–H groups in total. The summed E-state index contributed by atoms with van der Waals surface area (Å²) in [4.78, 5) is 22.6. The number of carboxylic acid groups (broad SMARTS) is 1. The van der Waals surface area contributed by atoms with E-state index < -0.39 is 11.9 Å². The maximum absolute atomic E-state index is 11.8. The van der Waals surface area contributed by atoms with Gasteiger partial charge in [-0.1, -0.05) is 28.4 Å². The lowest BCUT2D eigenvalue weighted by Crippen LogP contribution is -2.22. The number of nitrogens with zero attached hydrogens (tertiary/aromatic N) is 3. The first kappa shape index (κ1) is 14.3. The van der Waals surface area contributed by atoms with E-state index in [1.54, 1.807) is 0 Å². The van der Waals surface area contributed by atoms with Crippen molar-refractivity contribution >= 4 is 40.8 Å². The van der Waals surface area contributed by atoms with Gasteiger partial charge in [0.05, 0.1) is 6.20 Å². The lowest BCUT2D eigenvalue weighted by Gasteiger charge is -2.07. The number of aromatic nitrogens is 3. The molecule has 0 bridgehead atoms. The van der Waals surface area contributed by atoms with Crippen LogP contribution in [0.25, 0.3) is 0 Å². The highest BCUT2D eigenvalue weighted by atomic mass is 35.5. The summed E-state index contributed by atoms with van der Waals surface area (Å²) in [6.45, 7) is -0.286. The van der Waals surface area contributed by atoms with E-state index in [1.807, 2.05) is 0 Å². The van der Waals surface area contributed by atoms with Crippen LogP contribution in [0.3, 0.4) is 0 Å². The summed E-state index contributed by atoms with van der Waals surface area (Å²) < 4.78 is 0.976. The first-order chi connectivity index (χ1) is 9.45. The van der Waals surface area contributed by atoms with Gasteiger partial charge in [0.15, 0.2) is 5.69 Å². The van der Waals surface area contributed by atoms with Crippen LogP contribution in [-0.2, 0) is 11.3 Å². The summed E-state index contributed by atoms with van der Waals surface area (Å²) in [7, 11) is 0. The summed E-state index contributed by atoms with van der Waals surface area (Å²) in [6, 6.07) is 4.56. The summed E-state index contributed by atoms with van der Waals surface area (Å²) in [5, 5.41) is 19.1. The summed E-state index contributed by atoms with van der Waals surface area (Å²) >= 11 is 11.6. The van der Waals surface area contributed by atoms with Crippen molar-refractivity contribution in [3.05, 3.63) is 40.1 Å². The van der Waals surface area contributed by atoms with Crippen LogP contribution in [0, 0.1) is 0 Å². The van der Waals surface area contributed by atoms with Gasteiger partial charge in [-0.05, 0) is 18.2 Å². The second kappa shape index (κ2) is 5.89. The Labute approximate surface area is 123 Å². The molecule has 0 radical (unpaired) electrons. The van der Waals surface area contributed by atoms with E-state index in [2.05, 4.69) is 15.6 Å². The minimum Gasteiger partial charge on any atom is -0.476 e. The number of rotatable bonds is 4. The highest BCUT2D eigenvalue weighted by Crippen LogP contribution is 2.22. The van der Waals surface area contributed by atoms with Crippen LogP contribution in [0.1, 0.15) is 10.5 Å². The fraction of sp³-hybridized carbons (Fsp3) is 0.0909. The zero-order chi connectivity index (χ0) is 14.7. The molecule has 0 fully saturated rings. The molecule has 1 heterocycles. The molecule has 9 heteroatoms. The van der Waals surface area contributed by atoms with Gasteiger partial charge in [0, 0.05) is 15.7 Å². The molecule has 2 aromatic rings. The van der Waals surface area contributed by atoms with Crippen molar-refractivity contribution in [1.29, 1.82) is 0 Å². The third-order valence-corrected chi connectivity index (χ3v) is 2.71. The van der Waals surface area contributed by atoms with Gasteiger partial charge in [-0.2, -0.15) is 0 Å². The summed E-state index contributed by atoms with van der Waals surface area (Å²) in [5.41, 5.74) is 0.230. The normalized spacial score (nSPS) is 10.3. The average molecular weight is 315 g/mol. The Morgan fingerprint density at radius 2 is 1.90 bits per heavy atom. The second-order valence-corrected chi connectivity index (χ2v) is 4.66. The van der Waals surface area contributed by atoms with Crippen molar-refractivity contribution < 1.29 is 14.7 Å². The van der Waals surface area contributed by atoms with Gasteiger partial charge in [-0.3, -0.25) is 4.79 Å². The number of carbonyl (C=O) groups is 2. The van der Waals surface area contributed by atoms with Gasteiger partial charge < -0.3 is 10.4 Å². The van der Waals surface area contributed by atoms with Crippen molar-refractivity contribution in [1.82, 2.24) is 15.0 Å². The molecule has 0 aliphatic heterocycles. The van der Waals surface area contributed by atoms with Crippen LogP contribution < -0.4 is 5.32 Å². The topological polar surface area (TPSA) is 97.1 Å². The first-order valence-corrected chi connectivity index (χ1v) is 6.09. The molecule has 20 heavy (non-hydrogen) atoms. The molecule has 2 rings (SSSR count). The monoisotopic (exact) mass is 314 g/mol. The largest absolute Gasteiger partial charge is 0.476 e. The Hall–Kier alpha value is -2.12. The third kappa shape index (κ3) is 3.46. The maximum atomic E-state index is 11.8. The van der Waals surface area contributed by atoms with Crippen molar-refractivity contribution in [2.75, 3.05) is 5.32 Å². The smallest absolute Gasteiger partial charge is 0.355 e. The van der Waals surface area contributed by atoms with Crippen molar-refractivity contribution in [3.8, 4) is 0 Å². The number of nitrogens with one attached hydrogen (secondary N) is 1. The predicted molar refractivity (Wildman–Crippen MR) is 72.1 cm³/mol. The zero-order valence-electron chi connectivity index (χ0n) is 9.88. The molecule has 0 aliphatic carbocycles. The molecule has 7 nitrogen and oxygen atoms in total. The molecule has 0 atom stereocenters. The number of carboxylic acids is 1. The molecule has 1 amide bonds. The molecule has 104 valence electrons. The second-order valence-electron chi connectivity index (χ2n) is 3.79. The number of hydrogen-bond donors (Lipinski definition) is 2. The Bertz CT molecular complexity index is 651. The van der Waals surface area contributed by atoms with Crippen LogP contribution in [0.2, 0.25) is 10.0 Å². The van der Waals surface area contributed by atoms with Crippen LogP contribution in [0.5, 0.6) is 0 Å². The van der Waals surface area contributed by atoms with E-state index in [4.69, 9.17) is 28.3 Å². The molecule has 0 aliphatic rings. The van der Waals surface area contributed by atoms with Gasteiger partial charge in [0.1, 0.15) is 6.54 Å². The maximum Gasteiger partial charge on any atom is 0.355 e. The minimum atomic E-state index is -1.21. The molecule has 0 spiro atoms. The van der Waals surface area contributed by atoms with Crippen LogP contribution in [0.4, 0.5) is 5.69 Å². The first-order valence-electron chi connectivity index (χ1n) is 5.33. The quantitative estimate of drug-likeness (QED) is 0.898. The van der Waals surface area contributed by atoms with E-state index >= 15 is 0 Å². The minimum absolute atomic E-state index is 0.177. The van der Waals surface area contributed by atoms with Crippen LogP contribution in [-0.4, -0.2) is 32.0 Å². The van der Waals surface area contributed by atoms with Gasteiger partial charge in [0.2, 0.25) is 5.91 Å². The number of amides is 1. The standard InChI is InChI=1S/C11H8Cl2N4O3/c12-6-1-7(13)3-8(2-6)15-10(18)5-17-9(11(19)20)4-14-16-17/h1-4H,5H2,(H,15,18)(H,19,20). The molecular weight excluding hydrogens is 307 g/mol. The lowest BCUT2D eigenvalue weighted by atomic mass is 10.3. The zero-order valence-corrected chi connectivity index (χ0v) is 11.4. The molecule has 0 unspecified atom stereocenters. The van der Waals surface area contributed by atoms with E-state index in [9.17, 15) is 9.59 Å². The number of anilines is 1. The highest BCUT2D eigenvalue weighted by Gasteiger charge is 2.14. The van der Waals surface area contributed by atoms with Gasteiger partial charge >= 0.3 is 5.97 Å². The average Bonchev–Trinajstić information content (AvgIpc) is 2.75. The Kier molecular flexibility index (Phi) is 4.21. The van der Waals surface area contributed by atoms with E-state index in [-0.39, 0.29) is 12.2 Å². The molecule has 0 saturated carbocycles. The molecule has 1 aromatic carbocycles. The molecule has 0 saturated heterocycles. The third-order valence-electron chi connectivity index (χ3n) is 2.28. The lowest BCUT2D eigenvalue weighted by molar-refractivity contribution is -0.116. The fourth-order valence-electron chi connectivity index (χ4n) is 1.50. The van der Waals surface area contributed by atoms with Crippen LogP contribution in [0.15, 0.2) is 24.4 Å². The Morgan fingerprint density at radius 3 is 2.50 bits per heavy atom. The number of aromatic carboxylic acids is 1. The highest BCUT2D eigenvalue weighted by molar-refractivity contribution is 6.35. The Morgan fingerprint density at radius 1 is 1.25 bits per heavy atom. The fourth-order valence-corrected chi connectivity index (χ4v) is 2.03. The van der Waals surface area contributed by atoms with E-state index in [0.717, 1.165) is 10.9 Å². The summed E-state index contributed by atoms with van der Waals surface area (Å²) in [6.07, 6.45) is 1.06. The Balaban J connectivity index is 2.09. The SMILES string of the molecule is O=C(Cn1nncc1C(=O)O)Nc1cc(Cl)cc(Cl)c1. The van der Waals surface area contributed by atoms with Crippen LogP contribution >= 0.6 is 23.2 Å². The predicted octanol–water partition coefficient (Wildman–Crippen LogP) is 1.92. The van der Waals surface area contributed by atoms with Crippen molar-refractivity contribution in [3.63, 3.8) is 0 Å². The number of benzene rings is 1. The number of hydrogen-bond acceptors (Lipinski definition) is 4. The number of halogens is 2. The van der Waals surface area contributed by atoms with Crippen molar-refractivity contribution in [2.24, 2.45) is 0 Å². The van der Waals surface area contributed by atoms with Gasteiger partial charge in [0.25, 0.3) is 0 Å². The van der Waals surface area contributed by atoms with Gasteiger partial charge in [-0.25, -0.2) is 9.48 Å². The van der Waals surface area contributed by atoms with E-state index in [1.165, 1.54) is 18.2 Å². The summed E-state index contributed by atoms with van der Waals surface area (Å²) in [5.74, 6) is -1.69.